The van der Waals surface area contributed by atoms with Crippen molar-refractivity contribution >= 4 is 17.9 Å². The van der Waals surface area contributed by atoms with Gasteiger partial charge in [-0.3, -0.25) is 14.4 Å². The second-order valence-electron chi connectivity index (χ2n) is 18.8. The Morgan fingerprint density at radius 1 is 0.276 bits per heavy atom. The van der Waals surface area contributed by atoms with Gasteiger partial charge in [-0.05, 0) is 141 Å². The molecule has 0 aromatic heterocycles. The van der Waals surface area contributed by atoms with Gasteiger partial charge in [0.15, 0.2) is 6.10 Å². The van der Waals surface area contributed by atoms with Crippen LogP contribution in [0.3, 0.4) is 0 Å². The SMILES string of the molecule is CC/C=C\C/C=C\C/C=C\C/C=C\C/C=C\C/C=C\C/C=C\C/C=C\C/C=C\CCCC(=O)OCC(COC(=O)CC/C=C\C/C=C\C/C=C\C/C=C\CC)OC(=O)CCCCCCC/C=C\C/C=C\CCCCCC. The van der Waals surface area contributed by atoms with Crippen molar-refractivity contribution in [1.82, 2.24) is 0 Å². The van der Waals surface area contributed by atoms with Gasteiger partial charge in [0.1, 0.15) is 13.2 Å². The number of esters is 3. The summed E-state index contributed by atoms with van der Waals surface area (Å²) in [5.74, 6) is -1.11. The summed E-state index contributed by atoms with van der Waals surface area (Å²) < 4.78 is 16.7. The molecule has 6 nitrogen and oxygen atoms in total. The van der Waals surface area contributed by atoms with Crippen LogP contribution in [-0.2, 0) is 28.6 Å². The summed E-state index contributed by atoms with van der Waals surface area (Å²) in [4.78, 5) is 38.1. The smallest absolute Gasteiger partial charge is 0.306 e. The highest BCUT2D eigenvalue weighted by Gasteiger charge is 2.19. The van der Waals surface area contributed by atoms with Gasteiger partial charge >= 0.3 is 17.9 Å². The van der Waals surface area contributed by atoms with Crippen LogP contribution >= 0.6 is 0 Å². The van der Waals surface area contributed by atoms with E-state index < -0.39 is 6.10 Å². The standard InChI is InChI=1S/C70H106O6/c1-4-7-10-13-16-19-22-25-27-29-30-31-32-33-34-35-36-37-38-39-40-41-43-45-48-51-54-57-60-63-69(72)75-66-67(65-74-68(71)62-59-56-53-50-47-44-24-21-18-15-12-9-6-3)76-70(73)64-61-58-55-52-49-46-42-28-26-23-20-17-14-11-8-5-2/h7,9-10,12,16,18-21,23,25,27-28,30-31,33-34,36-37,39-40,42-45,47,51,53-54,56,67H,4-6,8,11,13-15,17,22,24,26,29,32,35,38,41,46,48-50,52,55,57-66H2,1-3H3/b10-7-,12-9-,19-16-,21-18-,23-20-,27-25-,31-30-,34-33-,37-36-,40-39-,42-28-,45-43-,47-44-,54-51-,56-53-. The van der Waals surface area contributed by atoms with Crippen LogP contribution in [-0.4, -0.2) is 37.2 Å². The van der Waals surface area contributed by atoms with Gasteiger partial charge in [-0.2, -0.15) is 0 Å². The predicted octanol–water partition coefficient (Wildman–Crippen LogP) is 20.5. The van der Waals surface area contributed by atoms with Crippen molar-refractivity contribution in [3.05, 3.63) is 182 Å². The van der Waals surface area contributed by atoms with Crippen LogP contribution < -0.4 is 0 Å². The molecule has 0 aliphatic carbocycles. The number of hydrogen-bond acceptors (Lipinski definition) is 6. The molecule has 0 saturated heterocycles. The second-order valence-corrected chi connectivity index (χ2v) is 18.8. The third-order valence-electron chi connectivity index (χ3n) is 11.6. The Balaban J connectivity index is 4.53. The van der Waals surface area contributed by atoms with Gasteiger partial charge in [-0.1, -0.05) is 242 Å². The lowest BCUT2D eigenvalue weighted by molar-refractivity contribution is -0.166. The summed E-state index contributed by atoms with van der Waals surface area (Å²) in [5, 5.41) is 0. The Bertz CT molecular complexity index is 1820. The van der Waals surface area contributed by atoms with Crippen LogP contribution in [0.1, 0.15) is 220 Å². The molecule has 0 amide bonds. The molecule has 1 unspecified atom stereocenters. The Morgan fingerprint density at radius 2 is 0.553 bits per heavy atom. The quantitative estimate of drug-likeness (QED) is 0.0261. The van der Waals surface area contributed by atoms with E-state index in [4.69, 9.17) is 14.2 Å². The molecule has 422 valence electrons. The van der Waals surface area contributed by atoms with Crippen LogP contribution in [0.5, 0.6) is 0 Å². The van der Waals surface area contributed by atoms with E-state index in [1.54, 1.807) is 0 Å². The fourth-order valence-corrected chi connectivity index (χ4v) is 7.25. The van der Waals surface area contributed by atoms with Crippen molar-refractivity contribution in [2.45, 2.75) is 226 Å². The monoisotopic (exact) mass is 1040 g/mol. The molecular formula is C70H106O6. The molecule has 76 heavy (non-hydrogen) atoms. The highest BCUT2D eigenvalue weighted by atomic mass is 16.6. The van der Waals surface area contributed by atoms with Crippen LogP contribution in [0.2, 0.25) is 0 Å². The number of carbonyl (C=O) groups excluding carboxylic acids is 3. The van der Waals surface area contributed by atoms with E-state index in [1.165, 1.54) is 32.1 Å². The van der Waals surface area contributed by atoms with Gasteiger partial charge < -0.3 is 14.2 Å². The van der Waals surface area contributed by atoms with Crippen molar-refractivity contribution < 1.29 is 28.6 Å². The Labute approximate surface area is 465 Å². The maximum atomic E-state index is 12.8. The fraction of sp³-hybridized carbons (Fsp3) is 0.529. The van der Waals surface area contributed by atoms with Gasteiger partial charge in [0.2, 0.25) is 0 Å². The van der Waals surface area contributed by atoms with Crippen LogP contribution in [0.25, 0.3) is 0 Å². The average molecular weight is 1040 g/mol. The zero-order chi connectivity index (χ0) is 55.0. The van der Waals surface area contributed by atoms with Crippen molar-refractivity contribution in [1.29, 1.82) is 0 Å². The number of rotatable bonds is 51. The lowest BCUT2D eigenvalue weighted by atomic mass is 10.1. The van der Waals surface area contributed by atoms with E-state index in [0.29, 0.717) is 12.8 Å². The minimum atomic E-state index is -0.848. The molecule has 0 aromatic carbocycles. The highest BCUT2D eigenvalue weighted by Crippen LogP contribution is 2.11. The Kier molecular flexibility index (Phi) is 57.6. The van der Waals surface area contributed by atoms with Gasteiger partial charge in [-0.25, -0.2) is 0 Å². The molecule has 0 rings (SSSR count). The molecule has 0 spiro atoms. The summed E-state index contributed by atoms with van der Waals surface area (Å²) >= 11 is 0. The predicted molar refractivity (Wildman–Crippen MR) is 329 cm³/mol. The fourth-order valence-electron chi connectivity index (χ4n) is 7.25. The number of allylic oxidation sites excluding steroid dienone is 30. The summed E-state index contributed by atoms with van der Waals surface area (Å²) in [5.41, 5.74) is 0. The molecule has 0 bridgehead atoms. The van der Waals surface area contributed by atoms with E-state index in [1.807, 2.05) is 12.2 Å². The molecule has 0 radical (unpaired) electrons. The molecule has 0 fully saturated rings. The van der Waals surface area contributed by atoms with Gasteiger partial charge in [0, 0.05) is 19.3 Å². The Hall–Kier alpha value is -5.49. The number of carbonyl (C=O) groups is 3. The van der Waals surface area contributed by atoms with Crippen molar-refractivity contribution in [2.75, 3.05) is 13.2 Å². The second kappa shape index (κ2) is 62.1. The first kappa shape index (κ1) is 70.5. The summed E-state index contributed by atoms with van der Waals surface area (Å²) in [6.07, 6.45) is 93.4. The zero-order valence-corrected chi connectivity index (χ0v) is 48.2. The molecule has 0 heterocycles. The third kappa shape index (κ3) is 59.4. The normalized spacial score (nSPS) is 13.5. The maximum Gasteiger partial charge on any atom is 0.306 e. The molecule has 0 N–H and O–H groups in total. The first-order valence-corrected chi connectivity index (χ1v) is 29.8. The van der Waals surface area contributed by atoms with Crippen LogP contribution in [0, 0.1) is 0 Å². The lowest BCUT2D eigenvalue weighted by Crippen LogP contribution is -2.30. The van der Waals surface area contributed by atoms with E-state index in [-0.39, 0.29) is 50.4 Å². The largest absolute Gasteiger partial charge is 0.462 e. The summed E-state index contributed by atoms with van der Waals surface area (Å²) in [7, 11) is 0. The molecular weight excluding hydrogens is 937 g/mol. The Morgan fingerprint density at radius 3 is 0.921 bits per heavy atom. The summed E-state index contributed by atoms with van der Waals surface area (Å²) in [6.45, 7) is 6.24. The topological polar surface area (TPSA) is 78.9 Å². The number of unbranched alkanes of at least 4 members (excludes halogenated alkanes) is 10. The number of ether oxygens (including phenoxy) is 3. The first-order valence-electron chi connectivity index (χ1n) is 29.8. The zero-order valence-electron chi connectivity index (χ0n) is 48.2. The highest BCUT2D eigenvalue weighted by molar-refractivity contribution is 5.71. The molecule has 0 aliphatic heterocycles. The van der Waals surface area contributed by atoms with E-state index in [2.05, 4.69) is 191 Å². The minimum absolute atomic E-state index is 0.145. The lowest BCUT2D eigenvalue weighted by Gasteiger charge is -2.18. The molecule has 1 atom stereocenters. The van der Waals surface area contributed by atoms with Crippen molar-refractivity contribution in [3.8, 4) is 0 Å². The van der Waals surface area contributed by atoms with E-state index in [9.17, 15) is 14.4 Å². The van der Waals surface area contributed by atoms with E-state index >= 15 is 0 Å². The van der Waals surface area contributed by atoms with E-state index in [0.717, 1.165) is 135 Å². The van der Waals surface area contributed by atoms with Gasteiger partial charge in [0.25, 0.3) is 0 Å². The van der Waals surface area contributed by atoms with Crippen LogP contribution in [0.4, 0.5) is 0 Å². The molecule has 6 heteroatoms. The van der Waals surface area contributed by atoms with Crippen LogP contribution in [0.15, 0.2) is 182 Å². The first-order chi connectivity index (χ1) is 37.5. The average Bonchev–Trinajstić information content (AvgIpc) is 3.42. The van der Waals surface area contributed by atoms with Crippen molar-refractivity contribution in [2.24, 2.45) is 0 Å². The third-order valence-corrected chi connectivity index (χ3v) is 11.6. The molecule has 0 saturated carbocycles. The molecule has 0 aliphatic rings. The minimum Gasteiger partial charge on any atom is -0.462 e. The maximum absolute atomic E-state index is 12.8. The number of hydrogen-bond donors (Lipinski definition) is 0. The van der Waals surface area contributed by atoms with Gasteiger partial charge in [0.05, 0.1) is 0 Å². The van der Waals surface area contributed by atoms with Crippen molar-refractivity contribution in [3.63, 3.8) is 0 Å². The molecule has 0 aromatic rings. The summed E-state index contributed by atoms with van der Waals surface area (Å²) in [6, 6.07) is 0. The van der Waals surface area contributed by atoms with Gasteiger partial charge in [-0.15, -0.1) is 0 Å².